The second kappa shape index (κ2) is 6.43. The van der Waals surface area contributed by atoms with Gasteiger partial charge in [-0.1, -0.05) is 18.2 Å². The van der Waals surface area contributed by atoms with Crippen LogP contribution in [0.15, 0.2) is 65.7 Å². The second-order valence-electron chi connectivity index (χ2n) is 7.80. The summed E-state index contributed by atoms with van der Waals surface area (Å²) < 4.78 is 43.8. The summed E-state index contributed by atoms with van der Waals surface area (Å²) in [5.41, 5.74) is 3.07. The highest BCUT2D eigenvalue weighted by Gasteiger charge is 2.44. The molecule has 150 valence electrons. The van der Waals surface area contributed by atoms with E-state index < -0.39 is 15.6 Å². The van der Waals surface area contributed by atoms with Crippen LogP contribution < -0.4 is 5.32 Å². The molecule has 3 aromatic rings. The maximum atomic E-state index is 13.9. The molecule has 5 nitrogen and oxygen atoms in total. The van der Waals surface area contributed by atoms with Crippen LogP contribution in [0.2, 0.25) is 0 Å². The summed E-state index contributed by atoms with van der Waals surface area (Å²) in [5, 5.41) is 3.54. The van der Waals surface area contributed by atoms with Crippen LogP contribution in [0.25, 0.3) is 5.69 Å². The molecule has 0 radical (unpaired) electrons. The summed E-state index contributed by atoms with van der Waals surface area (Å²) in [6, 6.07) is 15.9. The van der Waals surface area contributed by atoms with Crippen molar-refractivity contribution in [3.63, 3.8) is 0 Å². The molecule has 1 fully saturated rings. The molecule has 29 heavy (non-hydrogen) atoms. The predicted molar refractivity (Wildman–Crippen MR) is 110 cm³/mol. The van der Waals surface area contributed by atoms with Crippen molar-refractivity contribution in [1.82, 2.24) is 8.87 Å². The Hall–Kier alpha value is -2.64. The van der Waals surface area contributed by atoms with Crippen molar-refractivity contribution in [3.8, 4) is 5.69 Å². The fraction of sp³-hybridized carbons (Fsp3) is 0.273. The van der Waals surface area contributed by atoms with Crippen LogP contribution in [0.5, 0.6) is 0 Å². The summed E-state index contributed by atoms with van der Waals surface area (Å²) in [4.78, 5) is 0.364. The lowest BCUT2D eigenvalue weighted by Gasteiger charge is -2.46. The number of rotatable bonds is 2. The van der Waals surface area contributed by atoms with Gasteiger partial charge in [-0.2, -0.15) is 4.31 Å². The molecule has 0 saturated carbocycles. The number of anilines is 1. The van der Waals surface area contributed by atoms with Gasteiger partial charge in [0.2, 0.25) is 10.0 Å². The zero-order valence-corrected chi connectivity index (χ0v) is 16.9. The molecule has 7 heteroatoms. The average molecular weight is 412 g/mol. The molecule has 2 aliphatic heterocycles. The van der Waals surface area contributed by atoms with E-state index in [2.05, 4.69) is 16.0 Å². The maximum absolute atomic E-state index is 13.9. The summed E-state index contributed by atoms with van der Waals surface area (Å²) in [5.74, 6) is -0.290. The highest BCUT2D eigenvalue weighted by Crippen LogP contribution is 2.44. The summed E-state index contributed by atoms with van der Waals surface area (Å²) in [6.07, 6.45) is 3.20. The minimum absolute atomic E-state index is 0.290. The Kier molecular flexibility index (Phi) is 4.08. The first kappa shape index (κ1) is 18.4. The number of halogens is 1. The third-order valence-corrected chi connectivity index (χ3v) is 8.18. The van der Waals surface area contributed by atoms with E-state index in [1.165, 1.54) is 12.1 Å². The number of sulfonamides is 1. The molecule has 2 aliphatic rings. The Morgan fingerprint density at radius 3 is 2.55 bits per heavy atom. The molecular formula is C22H22FN3O2S. The number of hydrogen-bond acceptors (Lipinski definition) is 3. The van der Waals surface area contributed by atoms with Gasteiger partial charge < -0.3 is 9.88 Å². The van der Waals surface area contributed by atoms with E-state index in [1.54, 1.807) is 22.5 Å². The van der Waals surface area contributed by atoms with Gasteiger partial charge in [-0.3, -0.25) is 0 Å². The van der Waals surface area contributed by atoms with Crippen LogP contribution in [0.1, 0.15) is 24.1 Å². The lowest BCUT2D eigenvalue weighted by Crippen LogP contribution is -2.51. The van der Waals surface area contributed by atoms with E-state index in [9.17, 15) is 12.8 Å². The fourth-order valence-electron chi connectivity index (χ4n) is 4.60. The highest BCUT2D eigenvalue weighted by molar-refractivity contribution is 7.89. The van der Waals surface area contributed by atoms with Crippen LogP contribution in [-0.4, -0.2) is 30.4 Å². The minimum Gasteiger partial charge on any atom is -0.372 e. The van der Waals surface area contributed by atoms with Crippen LogP contribution in [0.3, 0.4) is 0 Å². The topological polar surface area (TPSA) is 54.3 Å². The number of benzene rings is 2. The first-order valence-corrected chi connectivity index (χ1v) is 11.2. The fourth-order valence-corrected chi connectivity index (χ4v) is 6.26. The Morgan fingerprint density at radius 2 is 1.79 bits per heavy atom. The summed E-state index contributed by atoms with van der Waals surface area (Å²) >= 11 is 0. The quantitative estimate of drug-likeness (QED) is 0.693. The first-order valence-electron chi connectivity index (χ1n) is 9.72. The standard InChI is InChI=1S/C22H22FN3O2S/c1-16-5-2-3-6-20(16)29(27,28)25-13-10-22(11-14-25)21-7-4-12-26(21)19-9-8-17(23)15-18(19)24-22/h2-9,12,15,24H,10-11,13-14H2,1H3. The van der Waals surface area contributed by atoms with E-state index in [-0.39, 0.29) is 5.82 Å². The molecule has 2 aromatic carbocycles. The predicted octanol–water partition coefficient (Wildman–Crippen LogP) is 4.03. The van der Waals surface area contributed by atoms with Gasteiger partial charge in [0, 0.05) is 25.0 Å². The molecular weight excluding hydrogens is 389 g/mol. The lowest BCUT2D eigenvalue weighted by atomic mass is 9.83. The molecule has 0 amide bonds. The number of aromatic nitrogens is 1. The molecule has 1 saturated heterocycles. The van der Waals surface area contributed by atoms with Crippen molar-refractivity contribution in [2.75, 3.05) is 18.4 Å². The smallest absolute Gasteiger partial charge is 0.243 e. The van der Waals surface area contributed by atoms with E-state index >= 15 is 0 Å². The third kappa shape index (κ3) is 2.80. The molecule has 5 rings (SSSR count). The first-order chi connectivity index (χ1) is 13.9. The number of hydrogen-bond donors (Lipinski definition) is 1. The Bertz CT molecular complexity index is 1190. The van der Waals surface area contributed by atoms with Crippen LogP contribution in [-0.2, 0) is 15.6 Å². The SMILES string of the molecule is Cc1ccccc1S(=O)(=O)N1CCC2(CC1)Nc1cc(F)ccc1-n1cccc12. The Labute approximate surface area is 169 Å². The Morgan fingerprint density at radius 1 is 1.03 bits per heavy atom. The van der Waals surface area contributed by atoms with E-state index in [1.807, 2.05) is 31.3 Å². The van der Waals surface area contributed by atoms with Crippen LogP contribution in [0, 0.1) is 12.7 Å². The second-order valence-corrected chi connectivity index (χ2v) is 9.71. The molecule has 1 aromatic heterocycles. The average Bonchev–Trinajstić information content (AvgIpc) is 3.19. The largest absolute Gasteiger partial charge is 0.372 e. The van der Waals surface area contributed by atoms with Crippen molar-refractivity contribution in [1.29, 1.82) is 0 Å². The molecule has 1 N–H and O–H groups in total. The van der Waals surface area contributed by atoms with E-state index in [4.69, 9.17) is 0 Å². The van der Waals surface area contributed by atoms with Crippen molar-refractivity contribution in [2.24, 2.45) is 0 Å². The van der Waals surface area contributed by atoms with Gasteiger partial charge in [-0.05, 0) is 61.7 Å². The number of piperidine rings is 1. The zero-order valence-electron chi connectivity index (χ0n) is 16.1. The van der Waals surface area contributed by atoms with E-state index in [0.717, 1.165) is 22.6 Å². The van der Waals surface area contributed by atoms with Gasteiger partial charge in [0.15, 0.2) is 0 Å². The molecule has 0 atom stereocenters. The number of aryl methyl sites for hydroxylation is 1. The number of fused-ring (bicyclic) bond motifs is 4. The van der Waals surface area contributed by atoms with Gasteiger partial charge in [-0.15, -0.1) is 0 Å². The van der Waals surface area contributed by atoms with Gasteiger partial charge in [0.05, 0.1) is 21.8 Å². The molecule has 1 spiro atoms. The molecule has 3 heterocycles. The molecule has 0 unspecified atom stereocenters. The van der Waals surface area contributed by atoms with Crippen LogP contribution in [0.4, 0.5) is 10.1 Å². The third-order valence-electron chi connectivity index (χ3n) is 6.12. The van der Waals surface area contributed by atoms with Crippen LogP contribution >= 0.6 is 0 Å². The van der Waals surface area contributed by atoms with Gasteiger partial charge in [0.25, 0.3) is 0 Å². The zero-order chi connectivity index (χ0) is 20.2. The van der Waals surface area contributed by atoms with Gasteiger partial charge in [-0.25, -0.2) is 12.8 Å². The monoisotopic (exact) mass is 411 g/mol. The number of nitrogens with one attached hydrogen (secondary N) is 1. The maximum Gasteiger partial charge on any atom is 0.243 e. The molecule has 0 aliphatic carbocycles. The summed E-state index contributed by atoms with van der Waals surface area (Å²) in [6.45, 7) is 2.62. The van der Waals surface area contributed by atoms with Crippen molar-refractivity contribution >= 4 is 15.7 Å². The van der Waals surface area contributed by atoms with Gasteiger partial charge in [0.1, 0.15) is 5.82 Å². The van der Waals surface area contributed by atoms with Gasteiger partial charge >= 0.3 is 0 Å². The van der Waals surface area contributed by atoms with Crippen molar-refractivity contribution in [3.05, 3.63) is 77.9 Å². The summed E-state index contributed by atoms with van der Waals surface area (Å²) in [7, 11) is -3.54. The van der Waals surface area contributed by atoms with Crippen molar-refractivity contribution < 1.29 is 12.8 Å². The van der Waals surface area contributed by atoms with Crippen molar-refractivity contribution in [2.45, 2.75) is 30.2 Å². The lowest BCUT2D eigenvalue weighted by molar-refractivity contribution is 0.247. The Balaban J connectivity index is 1.47. The molecule has 0 bridgehead atoms. The highest BCUT2D eigenvalue weighted by atomic mass is 32.2. The van der Waals surface area contributed by atoms with E-state index in [0.29, 0.717) is 30.8 Å². The minimum atomic E-state index is -3.54. The number of nitrogens with zero attached hydrogens (tertiary/aromatic N) is 2. The normalized spacial score (nSPS) is 18.1.